The highest BCUT2D eigenvalue weighted by molar-refractivity contribution is 7.08. The molecule has 2 N–H and O–H groups in total. The summed E-state index contributed by atoms with van der Waals surface area (Å²) in [6.45, 7) is 3.61. The first-order valence-electron chi connectivity index (χ1n) is 8.66. The Labute approximate surface area is 160 Å². The number of rotatable bonds is 7. The molecule has 0 saturated heterocycles. The molecule has 0 saturated carbocycles. The van der Waals surface area contributed by atoms with Crippen molar-refractivity contribution < 1.29 is 14.3 Å². The molecule has 1 amide bonds. The van der Waals surface area contributed by atoms with E-state index in [4.69, 9.17) is 0 Å². The van der Waals surface area contributed by atoms with Gasteiger partial charge in [0.05, 0.1) is 6.54 Å². The van der Waals surface area contributed by atoms with Crippen molar-refractivity contribution in [1.82, 2.24) is 20.1 Å². The van der Waals surface area contributed by atoms with E-state index in [-0.39, 0.29) is 18.1 Å². The summed E-state index contributed by atoms with van der Waals surface area (Å²) >= 11 is 1.47. The number of amides is 1. The number of para-hydroxylation sites is 1. The fraction of sp³-hybridized carbons (Fsp3) is 0.316. The highest BCUT2D eigenvalue weighted by Crippen LogP contribution is 2.22. The number of halogens is 1. The van der Waals surface area contributed by atoms with Gasteiger partial charge < -0.3 is 10.4 Å². The maximum atomic E-state index is 14.1. The Kier molecular flexibility index (Phi) is 5.67. The second kappa shape index (κ2) is 7.98. The average Bonchev–Trinajstić information content (AvgIpc) is 3.31. The Morgan fingerprint density at radius 2 is 2.15 bits per heavy atom. The van der Waals surface area contributed by atoms with Gasteiger partial charge in [0.15, 0.2) is 0 Å². The third kappa shape index (κ3) is 4.23. The molecule has 2 heterocycles. The molecule has 142 valence electrons. The van der Waals surface area contributed by atoms with Gasteiger partial charge in [-0.05, 0) is 47.9 Å². The van der Waals surface area contributed by atoms with Crippen LogP contribution in [0.4, 0.5) is 4.39 Å². The van der Waals surface area contributed by atoms with E-state index in [1.165, 1.54) is 22.1 Å². The number of nitrogens with zero attached hydrogens (tertiary/aromatic N) is 3. The second-order valence-electron chi connectivity index (χ2n) is 6.43. The molecule has 27 heavy (non-hydrogen) atoms. The lowest BCUT2D eigenvalue weighted by Crippen LogP contribution is -2.38. The summed E-state index contributed by atoms with van der Waals surface area (Å²) in [7, 11) is 0. The molecule has 3 aromatic rings. The summed E-state index contributed by atoms with van der Waals surface area (Å²) in [4.78, 5) is 16.8. The summed E-state index contributed by atoms with van der Waals surface area (Å²) in [5.74, 6) is -0.495. The van der Waals surface area contributed by atoms with Gasteiger partial charge in [0, 0.05) is 6.42 Å². The van der Waals surface area contributed by atoms with Gasteiger partial charge in [0.2, 0.25) is 5.82 Å². The molecule has 8 heteroatoms. The van der Waals surface area contributed by atoms with E-state index in [0.717, 1.165) is 12.0 Å². The van der Waals surface area contributed by atoms with Crippen LogP contribution in [0.5, 0.6) is 0 Å². The van der Waals surface area contributed by atoms with Crippen LogP contribution in [-0.2, 0) is 12.0 Å². The number of thiophene rings is 1. The van der Waals surface area contributed by atoms with Crippen molar-refractivity contribution in [2.45, 2.75) is 32.3 Å². The Bertz CT molecular complexity index is 922. The predicted octanol–water partition coefficient (Wildman–Crippen LogP) is 3.06. The predicted molar refractivity (Wildman–Crippen MR) is 102 cm³/mol. The molecule has 1 aromatic carbocycles. The van der Waals surface area contributed by atoms with Crippen LogP contribution < -0.4 is 5.32 Å². The molecule has 2 aromatic heterocycles. The third-order valence-electron chi connectivity index (χ3n) is 4.17. The number of nitrogens with one attached hydrogen (secondary N) is 1. The number of carbonyl (C=O) groups is 1. The number of aliphatic hydroxyl groups is 1. The molecule has 0 bridgehead atoms. The van der Waals surface area contributed by atoms with E-state index < -0.39 is 17.3 Å². The van der Waals surface area contributed by atoms with E-state index in [2.05, 4.69) is 15.4 Å². The van der Waals surface area contributed by atoms with Gasteiger partial charge in [0.25, 0.3) is 5.91 Å². The zero-order valence-corrected chi connectivity index (χ0v) is 16.0. The van der Waals surface area contributed by atoms with Gasteiger partial charge in [-0.3, -0.25) is 4.79 Å². The van der Waals surface area contributed by atoms with Crippen molar-refractivity contribution >= 4 is 17.2 Å². The Hall–Kier alpha value is -2.58. The van der Waals surface area contributed by atoms with E-state index in [0.29, 0.717) is 12.2 Å². The fourth-order valence-corrected chi connectivity index (χ4v) is 3.43. The highest BCUT2D eigenvalue weighted by atomic mass is 32.1. The number of carbonyl (C=O) groups excluding carboxylic acids is 1. The van der Waals surface area contributed by atoms with Crippen molar-refractivity contribution in [2.24, 2.45) is 0 Å². The van der Waals surface area contributed by atoms with Crippen LogP contribution >= 0.6 is 11.3 Å². The van der Waals surface area contributed by atoms with E-state index in [9.17, 15) is 14.3 Å². The molecular formula is C19H21FN4O2S. The van der Waals surface area contributed by atoms with Gasteiger partial charge >= 0.3 is 0 Å². The minimum atomic E-state index is -1.20. The van der Waals surface area contributed by atoms with Crippen molar-refractivity contribution in [3.05, 3.63) is 64.1 Å². The van der Waals surface area contributed by atoms with Gasteiger partial charge in [0.1, 0.15) is 22.9 Å². The molecule has 0 spiro atoms. The SMILES string of the molecule is CCCc1nc(C(=O)NCC(C)(O)c2ccsc2)nn1-c1ccccc1F. The fourth-order valence-electron chi connectivity index (χ4n) is 2.65. The topological polar surface area (TPSA) is 80.0 Å². The molecule has 0 aliphatic rings. The minimum Gasteiger partial charge on any atom is -0.384 e. The molecule has 1 atom stereocenters. The molecule has 6 nitrogen and oxygen atoms in total. The van der Waals surface area contributed by atoms with E-state index in [1.54, 1.807) is 31.2 Å². The van der Waals surface area contributed by atoms with Gasteiger partial charge in [-0.25, -0.2) is 14.1 Å². The molecule has 0 fully saturated rings. The molecule has 0 aliphatic heterocycles. The summed E-state index contributed by atoms with van der Waals surface area (Å²) in [6, 6.07) is 8.03. The normalized spacial score (nSPS) is 13.3. The van der Waals surface area contributed by atoms with Crippen LogP contribution in [0.2, 0.25) is 0 Å². The van der Waals surface area contributed by atoms with Crippen molar-refractivity contribution in [3.8, 4) is 5.69 Å². The maximum Gasteiger partial charge on any atom is 0.291 e. The van der Waals surface area contributed by atoms with Crippen LogP contribution in [0.25, 0.3) is 5.69 Å². The first kappa shape index (κ1) is 19.2. The van der Waals surface area contributed by atoms with Crippen LogP contribution in [0.3, 0.4) is 0 Å². The first-order chi connectivity index (χ1) is 12.9. The zero-order valence-electron chi connectivity index (χ0n) is 15.1. The second-order valence-corrected chi connectivity index (χ2v) is 7.21. The van der Waals surface area contributed by atoms with Crippen molar-refractivity contribution in [2.75, 3.05) is 6.54 Å². The molecular weight excluding hydrogens is 367 g/mol. The summed E-state index contributed by atoms with van der Waals surface area (Å²) in [5, 5.41) is 21.1. The zero-order chi connectivity index (χ0) is 19.4. The monoisotopic (exact) mass is 388 g/mol. The quantitative estimate of drug-likeness (QED) is 0.652. The van der Waals surface area contributed by atoms with Crippen LogP contribution in [0.1, 0.15) is 42.3 Å². The first-order valence-corrected chi connectivity index (χ1v) is 9.60. The molecule has 0 aliphatic carbocycles. The lowest BCUT2D eigenvalue weighted by molar-refractivity contribution is 0.0527. The van der Waals surface area contributed by atoms with E-state index in [1.807, 2.05) is 17.7 Å². The average molecular weight is 388 g/mol. The van der Waals surface area contributed by atoms with Crippen LogP contribution in [0, 0.1) is 5.82 Å². The largest absolute Gasteiger partial charge is 0.384 e. The number of aromatic nitrogens is 3. The summed E-state index contributed by atoms with van der Waals surface area (Å²) in [6.07, 6.45) is 1.34. The smallest absolute Gasteiger partial charge is 0.291 e. The molecule has 1 unspecified atom stereocenters. The number of hydrogen-bond acceptors (Lipinski definition) is 5. The molecule has 0 radical (unpaired) electrons. The number of benzene rings is 1. The van der Waals surface area contributed by atoms with Crippen LogP contribution in [-0.4, -0.2) is 32.3 Å². The van der Waals surface area contributed by atoms with Gasteiger partial charge in [-0.1, -0.05) is 19.1 Å². The van der Waals surface area contributed by atoms with Crippen molar-refractivity contribution in [1.29, 1.82) is 0 Å². The van der Waals surface area contributed by atoms with Crippen LogP contribution in [0.15, 0.2) is 41.1 Å². The maximum absolute atomic E-state index is 14.1. The lowest BCUT2D eigenvalue weighted by Gasteiger charge is -2.22. The third-order valence-corrected chi connectivity index (χ3v) is 4.85. The van der Waals surface area contributed by atoms with Crippen molar-refractivity contribution in [3.63, 3.8) is 0 Å². The summed E-state index contributed by atoms with van der Waals surface area (Å²) in [5.41, 5.74) is -0.224. The minimum absolute atomic E-state index is 0.0138. The lowest BCUT2D eigenvalue weighted by atomic mass is 9.99. The Morgan fingerprint density at radius 3 is 2.81 bits per heavy atom. The molecule has 3 rings (SSSR count). The highest BCUT2D eigenvalue weighted by Gasteiger charge is 2.26. The number of hydrogen-bond donors (Lipinski definition) is 2. The Morgan fingerprint density at radius 1 is 1.37 bits per heavy atom. The van der Waals surface area contributed by atoms with Gasteiger partial charge in [-0.2, -0.15) is 11.3 Å². The summed E-state index contributed by atoms with van der Waals surface area (Å²) < 4.78 is 15.5. The standard InChI is InChI=1S/C19H21FN4O2S/c1-3-6-16-22-17(23-24(16)15-8-5-4-7-14(15)20)18(25)21-12-19(2,26)13-9-10-27-11-13/h4-5,7-11,26H,3,6,12H2,1-2H3,(H,21,25). The van der Waals surface area contributed by atoms with Gasteiger partial charge in [-0.15, -0.1) is 5.10 Å². The number of aryl methyl sites for hydroxylation is 1. The Balaban J connectivity index is 1.81. The van der Waals surface area contributed by atoms with E-state index >= 15 is 0 Å².